The Hall–Kier alpha value is -2.99. The van der Waals surface area contributed by atoms with Gasteiger partial charge in [0.1, 0.15) is 12.6 Å². The third kappa shape index (κ3) is 9.76. The average molecular weight is 693 g/mol. The van der Waals surface area contributed by atoms with Gasteiger partial charge < -0.3 is 10.2 Å². The third-order valence-corrected chi connectivity index (χ3v) is 8.72. The summed E-state index contributed by atoms with van der Waals surface area (Å²) in [6, 6.07) is 14.9. The molecule has 2 amide bonds. The van der Waals surface area contributed by atoms with Crippen LogP contribution >= 0.6 is 34.8 Å². The van der Waals surface area contributed by atoms with Crippen molar-refractivity contribution in [2.45, 2.75) is 39.0 Å². The maximum Gasteiger partial charge on any atom is 0.417 e. The Morgan fingerprint density at radius 1 is 0.886 bits per heavy atom. The minimum atomic E-state index is -4.88. The fourth-order valence-corrected chi connectivity index (χ4v) is 5.70. The number of hydrogen-bond donors (Lipinski definition) is 1. The van der Waals surface area contributed by atoms with Crippen LogP contribution in [0.5, 0.6) is 0 Å². The average Bonchev–Trinajstić information content (AvgIpc) is 2.93. The first-order valence-electron chi connectivity index (χ1n) is 13.4. The van der Waals surface area contributed by atoms with Crippen LogP contribution in [0, 0.1) is 5.92 Å². The lowest BCUT2D eigenvalue weighted by Crippen LogP contribution is -2.53. The first kappa shape index (κ1) is 35.5. The van der Waals surface area contributed by atoms with Gasteiger partial charge in [-0.2, -0.15) is 13.2 Å². The zero-order valence-electron chi connectivity index (χ0n) is 24.0. The minimum Gasteiger partial charge on any atom is -0.354 e. The maximum atomic E-state index is 14.1. The molecule has 0 aromatic heterocycles. The number of amides is 2. The van der Waals surface area contributed by atoms with E-state index in [9.17, 15) is 31.2 Å². The van der Waals surface area contributed by atoms with Crippen LogP contribution in [0.2, 0.25) is 15.1 Å². The lowest BCUT2D eigenvalue weighted by molar-refractivity contribution is -0.140. The highest BCUT2D eigenvalue weighted by Crippen LogP contribution is 2.37. The molecule has 0 spiro atoms. The molecule has 0 fully saturated rings. The Balaban J connectivity index is 2.11. The number of hydrogen-bond acceptors (Lipinski definition) is 4. The molecule has 0 aliphatic carbocycles. The molecule has 0 heterocycles. The summed E-state index contributed by atoms with van der Waals surface area (Å²) in [5, 5.41) is 2.66. The summed E-state index contributed by atoms with van der Waals surface area (Å²) in [7, 11) is -4.30. The number of nitrogens with one attached hydrogen (secondary N) is 1. The Bertz CT molecular complexity index is 1590. The molecule has 7 nitrogen and oxygen atoms in total. The second-order valence-corrected chi connectivity index (χ2v) is 13.7. The lowest BCUT2D eigenvalue weighted by Gasteiger charge is -2.34. The highest BCUT2D eigenvalue weighted by atomic mass is 35.5. The van der Waals surface area contributed by atoms with Crippen molar-refractivity contribution in [2.75, 3.05) is 23.7 Å². The summed E-state index contributed by atoms with van der Waals surface area (Å²) in [6.07, 6.45) is -4.05. The SMILES string of the molecule is CC(C)CNC(=O)[C@H](Cc1ccccc1)N(Cc1ccc(Cl)c(Cl)c1)C(=O)CN(c1ccc(Cl)c(C(F)(F)F)c1)S(C)(=O)=O. The van der Waals surface area contributed by atoms with E-state index in [0.29, 0.717) is 22.5 Å². The fourth-order valence-electron chi connectivity index (χ4n) is 4.31. The van der Waals surface area contributed by atoms with Crippen LogP contribution in [-0.2, 0) is 38.8 Å². The smallest absolute Gasteiger partial charge is 0.354 e. The van der Waals surface area contributed by atoms with Gasteiger partial charge >= 0.3 is 6.18 Å². The molecule has 238 valence electrons. The Morgan fingerprint density at radius 3 is 2.09 bits per heavy atom. The largest absolute Gasteiger partial charge is 0.417 e. The zero-order chi connectivity index (χ0) is 32.8. The Kier molecular flexibility index (Phi) is 12.0. The highest BCUT2D eigenvalue weighted by Gasteiger charge is 2.36. The second kappa shape index (κ2) is 14.9. The second-order valence-electron chi connectivity index (χ2n) is 10.5. The van der Waals surface area contributed by atoms with Crippen LogP contribution in [-0.4, -0.2) is 50.5 Å². The van der Waals surface area contributed by atoms with E-state index in [2.05, 4.69) is 5.32 Å². The van der Waals surface area contributed by atoms with Crippen LogP contribution in [0.1, 0.15) is 30.5 Å². The van der Waals surface area contributed by atoms with Crippen LogP contribution in [0.3, 0.4) is 0 Å². The van der Waals surface area contributed by atoms with Crippen molar-refractivity contribution in [1.29, 1.82) is 0 Å². The number of halogens is 6. The van der Waals surface area contributed by atoms with Crippen molar-refractivity contribution in [3.8, 4) is 0 Å². The van der Waals surface area contributed by atoms with Gasteiger partial charge in [0.2, 0.25) is 21.8 Å². The van der Waals surface area contributed by atoms with Gasteiger partial charge in [0.15, 0.2) is 0 Å². The van der Waals surface area contributed by atoms with Crippen molar-refractivity contribution >= 4 is 62.3 Å². The number of carbonyl (C=O) groups excluding carboxylic acids is 2. The molecule has 0 saturated carbocycles. The maximum absolute atomic E-state index is 14.1. The van der Waals surface area contributed by atoms with Gasteiger partial charge in [-0.05, 0) is 47.4 Å². The summed E-state index contributed by atoms with van der Waals surface area (Å²) in [5.74, 6) is -1.25. The molecule has 44 heavy (non-hydrogen) atoms. The Morgan fingerprint density at radius 2 is 1.52 bits per heavy atom. The van der Waals surface area contributed by atoms with Crippen LogP contribution < -0.4 is 9.62 Å². The number of carbonyl (C=O) groups is 2. The van der Waals surface area contributed by atoms with E-state index in [4.69, 9.17) is 34.8 Å². The normalized spacial score (nSPS) is 12.6. The molecule has 0 unspecified atom stereocenters. The molecular formula is C30H31Cl3F3N3O4S. The van der Waals surface area contributed by atoms with Gasteiger partial charge in [-0.3, -0.25) is 13.9 Å². The summed E-state index contributed by atoms with van der Waals surface area (Å²) in [4.78, 5) is 28.9. The molecule has 3 rings (SSSR count). The lowest BCUT2D eigenvalue weighted by atomic mass is 10.0. The molecule has 1 atom stereocenters. The van der Waals surface area contributed by atoms with Crippen molar-refractivity contribution < 1.29 is 31.2 Å². The first-order valence-corrected chi connectivity index (χ1v) is 16.3. The van der Waals surface area contributed by atoms with Crippen molar-refractivity contribution in [3.63, 3.8) is 0 Å². The molecule has 0 bridgehead atoms. The minimum absolute atomic E-state index is 0.0653. The topological polar surface area (TPSA) is 86.8 Å². The molecule has 0 aliphatic heterocycles. The zero-order valence-corrected chi connectivity index (χ0v) is 27.1. The van der Waals surface area contributed by atoms with E-state index in [-0.39, 0.29) is 28.9 Å². The van der Waals surface area contributed by atoms with Crippen LogP contribution in [0.4, 0.5) is 18.9 Å². The van der Waals surface area contributed by atoms with Crippen LogP contribution in [0.15, 0.2) is 66.7 Å². The summed E-state index contributed by atoms with van der Waals surface area (Å²) in [6.45, 7) is 3.02. The predicted molar refractivity (Wildman–Crippen MR) is 167 cm³/mol. The van der Waals surface area contributed by atoms with Gasteiger partial charge in [-0.25, -0.2) is 8.42 Å². The first-order chi connectivity index (χ1) is 20.5. The van der Waals surface area contributed by atoms with Crippen molar-refractivity contribution in [2.24, 2.45) is 5.92 Å². The van der Waals surface area contributed by atoms with Gasteiger partial charge in [0, 0.05) is 19.5 Å². The van der Waals surface area contributed by atoms with E-state index in [1.165, 1.54) is 17.0 Å². The Labute approximate surface area is 269 Å². The molecule has 0 aliphatic rings. The quantitative estimate of drug-likeness (QED) is 0.225. The highest BCUT2D eigenvalue weighted by molar-refractivity contribution is 7.92. The molecule has 0 saturated heterocycles. The van der Waals surface area contributed by atoms with Gasteiger partial charge in [0.25, 0.3) is 0 Å². The number of anilines is 1. The van der Waals surface area contributed by atoms with E-state index in [1.54, 1.807) is 36.4 Å². The summed E-state index contributed by atoms with van der Waals surface area (Å²) < 4.78 is 67.2. The van der Waals surface area contributed by atoms with Gasteiger partial charge in [-0.1, -0.05) is 85.0 Å². The summed E-state index contributed by atoms with van der Waals surface area (Å²) >= 11 is 18.0. The fraction of sp³-hybridized carbons (Fsp3) is 0.333. The van der Waals surface area contributed by atoms with Gasteiger partial charge in [-0.15, -0.1) is 0 Å². The van der Waals surface area contributed by atoms with Gasteiger partial charge in [0.05, 0.1) is 32.6 Å². The number of nitrogens with zero attached hydrogens (tertiary/aromatic N) is 2. The van der Waals surface area contributed by atoms with Crippen molar-refractivity contribution in [3.05, 3.63) is 98.5 Å². The molecular weight excluding hydrogens is 662 g/mol. The number of alkyl halides is 3. The van der Waals surface area contributed by atoms with Crippen LogP contribution in [0.25, 0.3) is 0 Å². The van der Waals surface area contributed by atoms with Crippen molar-refractivity contribution in [1.82, 2.24) is 10.2 Å². The number of benzene rings is 3. The molecule has 1 N–H and O–H groups in total. The predicted octanol–water partition coefficient (Wildman–Crippen LogP) is 6.84. The molecule has 14 heteroatoms. The summed E-state index contributed by atoms with van der Waals surface area (Å²) in [5.41, 5.74) is -0.479. The van der Waals surface area contributed by atoms with E-state index < -0.39 is 56.9 Å². The molecule has 0 radical (unpaired) electrons. The standard InChI is InChI=1S/C30H31Cl3F3N3O4S/c1-19(2)16-37-29(41)27(14-20-7-5-4-6-8-20)38(17-21-9-11-25(32)26(33)13-21)28(40)18-39(44(3,42)43)22-10-12-24(31)23(15-22)30(34,35)36/h4-13,15,19,27H,14,16-18H2,1-3H3,(H,37,41)/t27-/m0/s1. The number of rotatable bonds is 12. The number of sulfonamides is 1. The van der Waals surface area contributed by atoms with E-state index >= 15 is 0 Å². The monoisotopic (exact) mass is 691 g/mol. The molecule has 3 aromatic rings. The molecule has 3 aromatic carbocycles. The third-order valence-electron chi connectivity index (χ3n) is 6.52. The van der Waals surface area contributed by atoms with E-state index in [0.717, 1.165) is 24.0 Å². The van der Waals surface area contributed by atoms with E-state index in [1.807, 2.05) is 13.8 Å².